The van der Waals surface area contributed by atoms with E-state index in [-0.39, 0.29) is 18.9 Å². The fourth-order valence-corrected chi connectivity index (χ4v) is 3.74. The van der Waals surface area contributed by atoms with Crippen molar-refractivity contribution in [3.8, 4) is 0 Å². The van der Waals surface area contributed by atoms with Gasteiger partial charge >= 0.3 is 0 Å². The van der Waals surface area contributed by atoms with E-state index in [1.54, 1.807) is 24.3 Å². The molecule has 2 aromatic carbocycles. The number of carbonyl (C=O) groups excluding carboxylic acids is 1. The number of hydrogen-bond donors (Lipinski definition) is 1. The molecule has 140 valence electrons. The lowest BCUT2D eigenvalue weighted by Gasteiger charge is -2.22. The largest absolute Gasteiger partial charge is 0.326 e. The molecular formula is C19H23ClN2O3S. The normalized spacial score (nSPS) is 11.2. The standard InChI is InChI=1S/C19H23ClN2O3S/c1-14-7-4-10-18(15(14)2)21-19(23)11-6-12-22(26(3,24)25)17-9-5-8-16(20)13-17/h4-5,7-10,13H,6,11-12H2,1-3H3,(H,21,23). The van der Waals surface area contributed by atoms with Crippen molar-refractivity contribution >= 4 is 38.9 Å². The second-order valence-electron chi connectivity index (χ2n) is 6.21. The number of hydrogen-bond acceptors (Lipinski definition) is 3. The first kappa shape index (κ1) is 20.3. The van der Waals surface area contributed by atoms with Crippen LogP contribution in [0.3, 0.4) is 0 Å². The molecule has 0 saturated carbocycles. The Kier molecular flexibility index (Phi) is 6.67. The number of carbonyl (C=O) groups is 1. The Labute approximate surface area is 160 Å². The molecule has 0 bridgehead atoms. The van der Waals surface area contributed by atoms with Crippen molar-refractivity contribution in [3.05, 3.63) is 58.6 Å². The summed E-state index contributed by atoms with van der Waals surface area (Å²) in [5.74, 6) is -0.141. The molecule has 1 N–H and O–H groups in total. The van der Waals surface area contributed by atoms with E-state index in [0.717, 1.165) is 23.1 Å². The molecular weight excluding hydrogens is 372 g/mol. The van der Waals surface area contributed by atoms with Gasteiger partial charge in [-0.2, -0.15) is 0 Å². The minimum absolute atomic E-state index is 0.141. The van der Waals surface area contributed by atoms with Crippen LogP contribution in [-0.2, 0) is 14.8 Å². The monoisotopic (exact) mass is 394 g/mol. The second-order valence-corrected chi connectivity index (χ2v) is 8.56. The molecule has 7 heteroatoms. The highest BCUT2D eigenvalue weighted by molar-refractivity contribution is 7.92. The molecule has 2 rings (SSSR count). The summed E-state index contributed by atoms with van der Waals surface area (Å²) in [4.78, 5) is 12.2. The maximum atomic E-state index is 12.2. The van der Waals surface area contributed by atoms with Gasteiger partial charge < -0.3 is 5.32 Å². The van der Waals surface area contributed by atoms with E-state index in [1.165, 1.54) is 4.31 Å². The number of rotatable bonds is 7. The van der Waals surface area contributed by atoms with Gasteiger partial charge in [0.05, 0.1) is 11.9 Å². The molecule has 0 radical (unpaired) electrons. The average molecular weight is 395 g/mol. The van der Waals surface area contributed by atoms with Crippen LogP contribution in [-0.4, -0.2) is 27.1 Å². The van der Waals surface area contributed by atoms with Crippen LogP contribution in [0.25, 0.3) is 0 Å². The molecule has 2 aromatic rings. The first-order valence-electron chi connectivity index (χ1n) is 8.28. The zero-order valence-corrected chi connectivity index (χ0v) is 16.7. The Morgan fingerprint density at radius 3 is 2.50 bits per heavy atom. The van der Waals surface area contributed by atoms with Crippen molar-refractivity contribution in [2.24, 2.45) is 0 Å². The van der Waals surface area contributed by atoms with Crippen molar-refractivity contribution < 1.29 is 13.2 Å². The molecule has 26 heavy (non-hydrogen) atoms. The van der Waals surface area contributed by atoms with Gasteiger partial charge in [0.25, 0.3) is 0 Å². The Bertz CT molecular complexity index is 897. The van der Waals surface area contributed by atoms with Crippen LogP contribution in [0.2, 0.25) is 5.02 Å². The number of aryl methyl sites for hydroxylation is 1. The Morgan fingerprint density at radius 1 is 1.15 bits per heavy atom. The zero-order chi connectivity index (χ0) is 19.3. The third-order valence-electron chi connectivity index (χ3n) is 4.14. The van der Waals surface area contributed by atoms with Crippen molar-refractivity contribution in [1.82, 2.24) is 0 Å². The fourth-order valence-electron chi connectivity index (χ4n) is 2.60. The minimum atomic E-state index is -3.46. The number of nitrogens with zero attached hydrogens (tertiary/aromatic N) is 1. The maximum absolute atomic E-state index is 12.2. The summed E-state index contributed by atoms with van der Waals surface area (Å²) in [6.45, 7) is 4.15. The molecule has 0 heterocycles. The van der Waals surface area contributed by atoms with Crippen LogP contribution in [0.1, 0.15) is 24.0 Å². The maximum Gasteiger partial charge on any atom is 0.232 e. The molecule has 5 nitrogen and oxygen atoms in total. The first-order valence-corrected chi connectivity index (χ1v) is 10.5. The Hall–Kier alpha value is -2.05. The molecule has 0 aliphatic rings. The van der Waals surface area contributed by atoms with Gasteiger partial charge in [-0.25, -0.2) is 8.42 Å². The SMILES string of the molecule is Cc1cccc(NC(=O)CCCN(c2cccc(Cl)c2)S(C)(=O)=O)c1C. The number of halogens is 1. The van der Waals surface area contributed by atoms with E-state index < -0.39 is 10.0 Å². The highest BCUT2D eigenvalue weighted by Crippen LogP contribution is 2.22. The van der Waals surface area contributed by atoms with E-state index in [1.807, 2.05) is 32.0 Å². The summed E-state index contributed by atoms with van der Waals surface area (Å²) < 4.78 is 25.4. The predicted molar refractivity (Wildman–Crippen MR) is 107 cm³/mol. The highest BCUT2D eigenvalue weighted by atomic mass is 35.5. The van der Waals surface area contributed by atoms with Gasteiger partial charge in [-0.05, 0) is 55.7 Å². The highest BCUT2D eigenvalue weighted by Gasteiger charge is 2.18. The molecule has 1 amide bonds. The third kappa shape index (κ3) is 5.47. The fraction of sp³-hybridized carbons (Fsp3) is 0.316. The van der Waals surface area contributed by atoms with Gasteiger partial charge in [-0.15, -0.1) is 0 Å². The summed E-state index contributed by atoms with van der Waals surface area (Å²) in [5, 5.41) is 3.35. The lowest BCUT2D eigenvalue weighted by molar-refractivity contribution is -0.116. The van der Waals surface area contributed by atoms with Gasteiger partial charge in [0.2, 0.25) is 15.9 Å². The Balaban J connectivity index is 1.99. The topological polar surface area (TPSA) is 66.5 Å². The molecule has 0 saturated heterocycles. The van der Waals surface area contributed by atoms with Crippen LogP contribution in [0, 0.1) is 13.8 Å². The summed E-state index contributed by atoms with van der Waals surface area (Å²) in [7, 11) is -3.46. The summed E-state index contributed by atoms with van der Waals surface area (Å²) >= 11 is 5.96. The third-order valence-corrected chi connectivity index (χ3v) is 5.57. The van der Waals surface area contributed by atoms with Gasteiger partial charge in [0, 0.05) is 23.7 Å². The van der Waals surface area contributed by atoms with Crippen LogP contribution < -0.4 is 9.62 Å². The second kappa shape index (κ2) is 8.56. The quantitative estimate of drug-likeness (QED) is 0.767. The smallest absolute Gasteiger partial charge is 0.232 e. The number of nitrogens with one attached hydrogen (secondary N) is 1. The molecule has 0 aromatic heterocycles. The molecule has 0 fully saturated rings. The van der Waals surface area contributed by atoms with Gasteiger partial charge in [-0.3, -0.25) is 9.10 Å². The van der Waals surface area contributed by atoms with E-state index >= 15 is 0 Å². The summed E-state index contributed by atoms with van der Waals surface area (Å²) in [6.07, 6.45) is 1.76. The van der Waals surface area contributed by atoms with E-state index in [4.69, 9.17) is 11.6 Å². The minimum Gasteiger partial charge on any atom is -0.326 e. The van der Waals surface area contributed by atoms with Crippen molar-refractivity contribution in [1.29, 1.82) is 0 Å². The van der Waals surface area contributed by atoms with Gasteiger partial charge in [0.1, 0.15) is 0 Å². The average Bonchev–Trinajstić information content (AvgIpc) is 2.54. The van der Waals surface area contributed by atoms with E-state index in [2.05, 4.69) is 5.32 Å². The van der Waals surface area contributed by atoms with Gasteiger partial charge in [-0.1, -0.05) is 29.8 Å². The number of amides is 1. The van der Waals surface area contributed by atoms with Crippen molar-refractivity contribution in [2.45, 2.75) is 26.7 Å². The summed E-state index contributed by atoms with van der Waals surface area (Å²) in [5.41, 5.74) is 3.41. The van der Waals surface area contributed by atoms with Crippen LogP contribution in [0.15, 0.2) is 42.5 Å². The summed E-state index contributed by atoms with van der Waals surface area (Å²) in [6, 6.07) is 12.4. The molecule has 0 aliphatic heterocycles. The molecule has 0 spiro atoms. The van der Waals surface area contributed by atoms with Crippen molar-refractivity contribution in [3.63, 3.8) is 0 Å². The van der Waals surface area contributed by atoms with E-state index in [0.29, 0.717) is 17.1 Å². The number of benzene rings is 2. The first-order chi connectivity index (χ1) is 12.2. The molecule has 0 atom stereocenters. The van der Waals surface area contributed by atoms with Crippen LogP contribution >= 0.6 is 11.6 Å². The Morgan fingerprint density at radius 2 is 1.85 bits per heavy atom. The van der Waals surface area contributed by atoms with Crippen molar-refractivity contribution in [2.75, 3.05) is 22.4 Å². The predicted octanol–water partition coefficient (Wildman–Crippen LogP) is 4.14. The van der Waals surface area contributed by atoms with Gasteiger partial charge in [0.15, 0.2) is 0 Å². The van der Waals surface area contributed by atoms with E-state index in [9.17, 15) is 13.2 Å². The lowest BCUT2D eigenvalue weighted by Crippen LogP contribution is -2.31. The number of sulfonamides is 1. The van der Waals surface area contributed by atoms with Crippen LogP contribution in [0.4, 0.5) is 11.4 Å². The zero-order valence-electron chi connectivity index (χ0n) is 15.1. The molecule has 0 aliphatic carbocycles. The number of anilines is 2. The van der Waals surface area contributed by atoms with Crippen LogP contribution in [0.5, 0.6) is 0 Å². The molecule has 0 unspecified atom stereocenters. The lowest BCUT2D eigenvalue weighted by atomic mass is 10.1.